The summed E-state index contributed by atoms with van der Waals surface area (Å²) in [6, 6.07) is 6.69. The van der Waals surface area contributed by atoms with Gasteiger partial charge in [-0.3, -0.25) is 0 Å². The maximum absolute atomic E-state index is 5.90. The van der Waals surface area contributed by atoms with E-state index in [4.69, 9.17) is 9.47 Å². The lowest BCUT2D eigenvalue weighted by Crippen LogP contribution is -2.64. The summed E-state index contributed by atoms with van der Waals surface area (Å²) in [4.78, 5) is 0. The quantitative estimate of drug-likeness (QED) is 0.871. The summed E-state index contributed by atoms with van der Waals surface area (Å²) >= 11 is 3.54. The third-order valence-electron chi connectivity index (χ3n) is 4.89. The van der Waals surface area contributed by atoms with Gasteiger partial charge in [-0.1, -0.05) is 22.4 Å². The molecule has 0 aliphatic heterocycles. The molecule has 1 N–H and O–H groups in total. The van der Waals surface area contributed by atoms with Crippen LogP contribution >= 0.6 is 15.9 Å². The molecule has 2 aliphatic carbocycles. The van der Waals surface area contributed by atoms with Gasteiger partial charge in [0.1, 0.15) is 5.75 Å². The second-order valence-corrected chi connectivity index (χ2v) is 6.76. The van der Waals surface area contributed by atoms with Crippen LogP contribution in [0.25, 0.3) is 0 Å². The van der Waals surface area contributed by atoms with Crippen molar-refractivity contribution in [2.45, 2.75) is 44.8 Å². The fraction of sp³-hybridized carbons (Fsp3) is 0.625. The minimum absolute atomic E-state index is 0.381. The van der Waals surface area contributed by atoms with E-state index in [1.54, 1.807) is 7.11 Å². The predicted octanol–water partition coefficient (Wildman–Crippen LogP) is 4.22. The summed E-state index contributed by atoms with van der Waals surface area (Å²) in [5.41, 5.74) is 1.51. The van der Waals surface area contributed by atoms with Crippen LogP contribution < -0.4 is 10.1 Å². The standard InChI is InChI=1S/C16H22BrNO2/c1-3-20-15-10-14(16(15)5-4-6-16)18-12-7-11(17)8-13(9-12)19-2/h7-9,14-15,18H,3-6,10H2,1-2H3. The largest absolute Gasteiger partial charge is 0.497 e. The molecule has 1 aromatic rings. The lowest BCUT2D eigenvalue weighted by Gasteiger charge is -2.61. The third kappa shape index (κ3) is 2.33. The van der Waals surface area contributed by atoms with E-state index in [-0.39, 0.29) is 0 Å². The highest BCUT2D eigenvalue weighted by Crippen LogP contribution is 2.58. The van der Waals surface area contributed by atoms with Crippen LogP contribution in [-0.4, -0.2) is 25.9 Å². The van der Waals surface area contributed by atoms with Gasteiger partial charge in [0, 0.05) is 34.3 Å². The molecule has 0 bridgehead atoms. The molecule has 2 fully saturated rings. The zero-order valence-electron chi connectivity index (χ0n) is 12.1. The topological polar surface area (TPSA) is 30.5 Å². The summed E-state index contributed by atoms with van der Waals surface area (Å²) in [5.74, 6) is 0.880. The van der Waals surface area contributed by atoms with Gasteiger partial charge in [-0.25, -0.2) is 0 Å². The highest BCUT2D eigenvalue weighted by atomic mass is 79.9. The van der Waals surface area contributed by atoms with Crippen molar-refractivity contribution < 1.29 is 9.47 Å². The Labute approximate surface area is 129 Å². The van der Waals surface area contributed by atoms with Crippen LogP contribution in [0.2, 0.25) is 0 Å². The van der Waals surface area contributed by atoms with Gasteiger partial charge in [0.2, 0.25) is 0 Å². The molecular weight excluding hydrogens is 318 g/mol. The highest BCUT2D eigenvalue weighted by molar-refractivity contribution is 9.10. The van der Waals surface area contributed by atoms with Crippen molar-refractivity contribution >= 4 is 21.6 Å². The fourth-order valence-electron chi connectivity index (χ4n) is 3.61. The second kappa shape index (κ2) is 5.57. The molecule has 2 unspecified atom stereocenters. The number of halogens is 1. The molecule has 0 saturated heterocycles. The van der Waals surface area contributed by atoms with Crippen molar-refractivity contribution in [2.24, 2.45) is 5.41 Å². The Kier molecular flexibility index (Phi) is 3.95. The number of ether oxygens (including phenoxy) is 2. The second-order valence-electron chi connectivity index (χ2n) is 5.84. The van der Waals surface area contributed by atoms with Gasteiger partial charge >= 0.3 is 0 Å². The monoisotopic (exact) mass is 339 g/mol. The summed E-state index contributed by atoms with van der Waals surface area (Å²) in [5, 5.41) is 3.69. The van der Waals surface area contributed by atoms with Crippen molar-refractivity contribution in [3.63, 3.8) is 0 Å². The number of hydrogen-bond acceptors (Lipinski definition) is 3. The van der Waals surface area contributed by atoms with Crippen LogP contribution in [0, 0.1) is 5.41 Å². The Morgan fingerprint density at radius 2 is 2.15 bits per heavy atom. The minimum Gasteiger partial charge on any atom is -0.497 e. The zero-order valence-corrected chi connectivity index (χ0v) is 13.7. The van der Waals surface area contributed by atoms with Gasteiger partial charge in [0.05, 0.1) is 13.2 Å². The maximum Gasteiger partial charge on any atom is 0.122 e. The summed E-state index contributed by atoms with van der Waals surface area (Å²) in [7, 11) is 1.70. The SMILES string of the molecule is CCOC1CC(Nc2cc(Br)cc(OC)c2)C12CCC2. The molecule has 2 atom stereocenters. The Bertz CT molecular complexity index is 487. The lowest BCUT2D eigenvalue weighted by molar-refractivity contribution is -0.157. The summed E-state index contributed by atoms with van der Waals surface area (Å²) < 4.78 is 12.3. The van der Waals surface area contributed by atoms with Gasteiger partial charge in [-0.2, -0.15) is 0 Å². The minimum atomic E-state index is 0.381. The van der Waals surface area contributed by atoms with Crippen molar-refractivity contribution in [3.05, 3.63) is 22.7 Å². The van der Waals surface area contributed by atoms with Gasteiger partial charge in [-0.15, -0.1) is 0 Å². The molecule has 3 rings (SSSR count). The molecular formula is C16H22BrNO2. The highest BCUT2D eigenvalue weighted by Gasteiger charge is 2.58. The average molecular weight is 340 g/mol. The van der Waals surface area contributed by atoms with E-state index in [2.05, 4.69) is 40.3 Å². The van der Waals surface area contributed by atoms with Crippen LogP contribution in [0.4, 0.5) is 5.69 Å². The first kappa shape index (κ1) is 14.2. The summed E-state index contributed by atoms with van der Waals surface area (Å²) in [6.45, 7) is 2.91. The van der Waals surface area contributed by atoms with Crippen LogP contribution in [-0.2, 0) is 4.74 Å². The molecule has 20 heavy (non-hydrogen) atoms. The van der Waals surface area contributed by atoms with Gasteiger partial charge in [0.15, 0.2) is 0 Å². The molecule has 1 aromatic carbocycles. The molecule has 110 valence electrons. The Morgan fingerprint density at radius 1 is 1.35 bits per heavy atom. The third-order valence-corrected chi connectivity index (χ3v) is 5.34. The first-order chi connectivity index (χ1) is 9.68. The summed E-state index contributed by atoms with van der Waals surface area (Å²) in [6.07, 6.45) is 5.49. The average Bonchev–Trinajstić information content (AvgIpc) is 2.34. The van der Waals surface area contributed by atoms with E-state index in [0.717, 1.165) is 28.9 Å². The Hall–Kier alpha value is -0.740. The number of rotatable bonds is 5. The number of hydrogen-bond donors (Lipinski definition) is 1. The van der Waals surface area contributed by atoms with Crippen LogP contribution in [0.5, 0.6) is 5.75 Å². The van der Waals surface area contributed by atoms with E-state index in [0.29, 0.717) is 17.6 Å². The Morgan fingerprint density at radius 3 is 2.75 bits per heavy atom. The van der Waals surface area contributed by atoms with E-state index in [1.807, 2.05) is 6.07 Å². The number of benzene rings is 1. The van der Waals surface area contributed by atoms with Crippen molar-refractivity contribution in [1.29, 1.82) is 0 Å². The molecule has 2 saturated carbocycles. The fourth-order valence-corrected chi connectivity index (χ4v) is 4.08. The van der Waals surface area contributed by atoms with Crippen LogP contribution in [0.1, 0.15) is 32.6 Å². The number of nitrogens with one attached hydrogen (secondary N) is 1. The van der Waals surface area contributed by atoms with Gasteiger partial charge in [-0.05, 0) is 38.3 Å². The number of anilines is 1. The Balaban J connectivity index is 1.71. The molecule has 3 nitrogen and oxygen atoms in total. The first-order valence-corrected chi connectivity index (χ1v) is 8.20. The van der Waals surface area contributed by atoms with Gasteiger partial charge in [0.25, 0.3) is 0 Å². The zero-order chi connectivity index (χ0) is 14.2. The molecule has 2 aliphatic rings. The van der Waals surface area contributed by atoms with E-state index in [1.165, 1.54) is 19.3 Å². The normalized spacial score (nSPS) is 26.8. The van der Waals surface area contributed by atoms with E-state index < -0.39 is 0 Å². The van der Waals surface area contributed by atoms with E-state index >= 15 is 0 Å². The smallest absolute Gasteiger partial charge is 0.122 e. The molecule has 0 amide bonds. The van der Waals surface area contributed by atoms with E-state index in [9.17, 15) is 0 Å². The van der Waals surface area contributed by atoms with Crippen molar-refractivity contribution in [2.75, 3.05) is 19.0 Å². The maximum atomic E-state index is 5.90. The molecule has 1 spiro atoms. The predicted molar refractivity (Wildman–Crippen MR) is 84.4 cm³/mol. The molecule has 0 heterocycles. The lowest BCUT2D eigenvalue weighted by atomic mass is 9.51. The first-order valence-electron chi connectivity index (χ1n) is 7.40. The van der Waals surface area contributed by atoms with Crippen LogP contribution in [0.3, 0.4) is 0 Å². The molecule has 4 heteroatoms. The number of methoxy groups -OCH3 is 1. The van der Waals surface area contributed by atoms with Crippen molar-refractivity contribution in [3.8, 4) is 5.75 Å². The molecule has 0 aromatic heterocycles. The van der Waals surface area contributed by atoms with Crippen LogP contribution in [0.15, 0.2) is 22.7 Å². The van der Waals surface area contributed by atoms with Gasteiger partial charge < -0.3 is 14.8 Å². The van der Waals surface area contributed by atoms with Crippen molar-refractivity contribution in [1.82, 2.24) is 0 Å². The molecule has 0 radical (unpaired) electrons.